The molecule has 6 heteroatoms. The Kier molecular flexibility index (Phi) is 4.41. The van der Waals surface area contributed by atoms with Gasteiger partial charge in [0.25, 0.3) is 0 Å². The normalized spacial score (nSPS) is 11.3. The highest BCUT2D eigenvalue weighted by Crippen LogP contribution is 2.23. The van der Waals surface area contributed by atoms with Crippen LogP contribution in [0.5, 0.6) is 0 Å². The van der Waals surface area contributed by atoms with E-state index < -0.39 is 0 Å². The molecule has 0 aliphatic rings. The number of rotatable bonds is 6. The third-order valence-corrected chi connectivity index (χ3v) is 3.60. The number of thioether (sulfide) groups is 1. The molecule has 0 unspecified atom stereocenters. The Hall–Kier alpha value is -1.30. The molecule has 18 heavy (non-hydrogen) atoms. The lowest BCUT2D eigenvalue weighted by atomic mass is 10.1. The van der Waals surface area contributed by atoms with Crippen LogP contribution in [0.15, 0.2) is 17.1 Å². The lowest BCUT2D eigenvalue weighted by Gasteiger charge is -2.04. The van der Waals surface area contributed by atoms with E-state index in [0.717, 1.165) is 35.3 Å². The van der Waals surface area contributed by atoms with Crippen LogP contribution in [0.2, 0.25) is 0 Å². The van der Waals surface area contributed by atoms with Crippen LogP contribution in [-0.4, -0.2) is 19.7 Å². The standard InChI is InChI=1S/C12H18N4OS/c1-4-16-11(13-7-15-16)6-18-5-10-12(9(2)3)17-8-14-10/h7-9H,4-6H2,1-3H3. The van der Waals surface area contributed by atoms with E-state index in [1.165, 1.54) is 6.39 Å². The van der Waals surface area contributed by atoms with Crippen LogP contribution in [0.4, 0.5) is 0 Å². The molecule has 0 saturated heterocycles. The van der Waals surface area contributed by atoms with Gasteiger partial charge in [-0.2, -0.15) is 5.10 Å². The molecule has 0 atom stereocenters. The lowest BCUT2D eigenvalue weighted by Crippen LogP contribution is -2.02. The average molecular weight is 266 g/mol. The number of hydrogen-bond donors (Lipinski definition) is 0. The molecule has 0 amide bonds. The summed E-state index contributed by atoms with van der Waals surface area (Å²) in [5.74, 6) is 4.07. The smallest absolute Gasteiger partial charge is 0.181 e. The van der Waals surface area contributed by atoms with Gasteiger partial charge in [0.05, 0.1) is 11.4 Å². The zero-order valence-corrected chi connectivity index (χ0v) is 11.8. The van der Waals surface area contributed by atoms with Crippen molar-refractivity contribution in [3.8, 4) is 0 Å². The van der Waals surface area contributed by atoms with E-state index in [1.807, 2.05) is 4.68 Å². The highest BCUT2D eigenvalue weighted by molar-refractivity contribution is 7.97. The third kappa shape index (κ3) is 2.93. The van der Waals surface area contributed by atoms with Gasteiger partial charge < -0.3 is 4.42 Å². The first-order valence-electron chi connectivity index (χ1n) is 6.09. The molecular weight excluding hydrogens is 248 g/mol. The topological polar surface area (TPSA) is 56.7 Å². The molecule has 0 radical (unpaired) electrons. The first kappa shape index (κ1) is 13.1. The van der Waals surface area contributed by atoms with Gasteiger partial charge in [-0.05, 0) is 6.92 Å². The Morgan fingerprint density at radius 1 is 1.33 bits per heavy atom. The molecule has 0 aliphatic carbocycles. The van der Waals surface area contributed by atoms with Crippen molar-refractivity contribution in [2.45, 2.75) is 44.7 Å². The molecule has 0 aromatic carbocycles. The molecule has 2 aromatic rings. The quantitative estimate of drug-likeness (QED) is 0.804. The monoisotopic (exact) mass is 266 g/mol. The van der Waals surface area contributed by atoms with Crippen LogP contribution in [-0.2, 0) is 18.1 Å². The summed E-state index contributed by atoms with van der Waals surface area (Å²) in [6.07, 6.45) is 3.13. The fourth-order valence-electron chi connectivity index (χ4n) is 1.76. The maximum absolute atomic E-state index is 5.40. The van der Waals surface area contributed by atoms with E-state index in [2.05, 4.69) is 35.8 Å². The molecule has 0 bridgehead atoms. The second-order valence-corrected chi connectivity index (χ2v) is 5.29. The summed E-state index contributed by atoms with van der Waals surface area (Å²) in [5, 5.41) is 4.15. The number of nitrogens with zero attached hydrogens (tertiary/aromatic N) is 4. The minimum Gasteiger partial charge on any atom is -0.448 e. The molecule has 0 aliphatic heterocycles. The molecule has 2 aromatic heterocycles. The highest BCUT2D eigenvalue weighted by atomic mass is 32.2. The van der Waals surface area contributed by atoms with Crippen LogP contribution in [0, 0.1) is 0 Å². The highest BCUT2D eigenvalue weighted by Gasteiger charge is 2.12. The Labute approximate surface area is 111 Å². The second-order valence-electron chi connectivity index (χ2n) is 4.30. The van der Waals surface area contributed by atoms with Gasteiger partial charge >= 0.3 is 0 Å². The first-order valence-corrected chi connectivity index (χ1v) is 7.24. The summed E-state index contributed by atoms with van der Waals surface area (Å²) in [4.78, 5) is 8.52. The predicted molar refractivity (Wildman–Crippen MR) is 71.3 cm³/mol. The van der Waals surface area contributed by atoms with Crippen molar-refractivity contribution in [1.82, 2.24) is 19.7 Å². The van der Waals surface area contributed by atoms with Crippen LogP contribution in [0.25, 0.3) is 0 Å². The fraction of sp³-hybridized carbons (Fsp3) is 0.583. The molecule has 2 heterocycles. The fourth-order valence-corrected chi connectivity index (χ4v) is 2.68. The Bertz CT molecular complexity index is 492. The molecule has 5 nitrogen and oxygen atoms in total. The van der Waals surface area contributed by atoms with Gasteiger partial charge in [0.1, 0.15) is 17.9 Å². The van der Waals surface area contributed by atoms with Crippen LogP contribution in [0.1, 0.15) is 44.0 Å². The van der Waals surface area contributed by atoms with Gasteiger partial charge in [-0.3, -0.25) is 0 Å². The van der Waals surface area contributed by atoms with Gasteiger partial charge in [-0.1, -0.05) is 13.8 Å². The first-order chi connectivity index (χ1) is 8.72. The maximum atomic E-state index is 5.40. The van der Waals surface area contributed by atoms with Gasteiger partial charge in [-0.15, -0.1) is 11.8 Å². The Morgan fingerprint density at radius 2 is 2.17 bits per heavy atom. The second kappa shape index (κ2) is 6.04. The minimum absolute atomic E-state index is 0.377. The van der Waals surface area contributed by atoms with Crippen molar-refractivity contribution < 1.29 is 4.42 Å². The van der Waals surface area contributed by atoms with E-state index in [1.54, 1.807) is 18.1 Å². The van der Waals surface area contributed by atoms with E-state index in [-0.39, 0.29) is 0 Å². The number of aryl methyl sites for hydroxylation is 1. The SMILES string of the molecule is CCn1ncnc1CSCc1ncoc1C(C)C. The van der Waals surface area contributed by atoms with E-state index in [0.29, 0.717) is 5.92 Å². The molecule has 0 spiro atoms. The summed E-state index contributed by atoms with van der Waals surface area (Å²) < 4.78 is 7.32. The molecule has 0 fully saturated rings. The molecule has 0 N–H and O–H groups in total. The largest absolute Gasteiger partial charge is 0.448 e. The third-order valence-electron chi connectivity index (χ3n) is 2.66. The van der Waals surface area contributed by atoms with Crippen LogP contribution in [0.3, 0.4) is 0 Å². The zero-order chi connectivity index (χ0) is 13.0. The van der Waals surface area contributed by atoms with Crippen molar-refractivity contribution in [3.05, 3.63) is 30.0 Å². The zero-order valence-electron chi connectivity index (χ0n) is 11.0. The Balaban J connectivity index is 1.90. The van der Waals surface area contributed by atoms with Crippen molar-refractivity contribution in [2.75, 3.05) is 0 Å². The van der Waals surface area contributed by atoms with E-state index >= 15 is 0 Å². The van der Waals surface area contributed by atoms with Crippen LogP contribution >= 0.6 is 11.8 Å². The average Bonchev–Trinajstić information content (AvgIpc) is 2.97. The molecule has 0 saturated carbocycles. The summed E-state index contributed by atoms with van der Waals surface area (Å²) in [5.41, 5.74) is 1.04. The van der Waals surface area contributed by atoms with Crippen molar-refractivity contribution >= 4 is 11.8 Å². The minimum atomic E-state index is 0.377. The molecule has 2 rings (SSSR count). The summed E-state index contributed by atoms with van der Waals surface area (Å²) in [6.45, 7) is 7.15. The van der Waals surface area contributed by atoms with E-state index in [9.17, 15) is 0 Å². The van der Waals surface area contributed by atoms with Gasteiger partial charge in [0.15, 0.2) is 6.39 Å². The molecule has 98 valence electrons. The lowest BCUT2D eigenvalue weighted by molar-refractivity contribution is 0.480. The Morgan fingerprint density at radius 3 is 2.89 bits per heavy atom. The summed E-state index contributed by atoms with van der Waals surface area (Å²) >= 11 is 1.78. The van der Waals surface area contributed by atoms with Crippen molar-refractivity contribution in [2.24, 2.45) is 0 Å². The van der Waals surface area contributed by atoms with Crippen molar-refractivity contribution in [3.63, 3.8) is 0 Å². The van der Waals surface area contributed by atoms with Gasteiger partial charge in [0.2, 0.25) is 0 Å². The van der Waals surface area contributed by atoms with Crippen LogP contribution < -0.4 is 0 Å². The molecular formula is C12H18N4OS. The number of hydrogen-bond acceptors (Lipinski definition) is 5. The number of oxazole rings is 1. The van der Waals surface area contributed by atoms with Crippen molar-refractivity contribution in [1.29, 1.82) is 0 Å². The number of aromatic nitrogens is 4. The van der Waals surface area contributed by atoms with Gasteiger partial charge in [-0.25, -0.2) is 14.6 Å². The van der Waals surface area contributed by atoms with Gasteiger partial charge in [0, 0.05) is 18.2 Å². The predicted octanol–water partition coefficient (Wildman–Crippen LogP) is 2.84. The van der Waals surface area contributed by atoms with E-state index in [4.69, 9.17) is 4.42 Å². The maximum Gasteiger partial charge on any atom is 0.181 e. The summed E-state index contributed by atoms with van der Waals surface area (Å²) in [7, 11) is 0. The summed E-state index contributed by atoms with van der Waals surface area (Å²) in [6, 6.07) is 0.